The Balaban J connectivity index is 2.70. The Hall–Kier alpha value is -1.09. The van der Waals surface area contributed by atoms with Crippen LogP contribution in [-0.2, 0) is 11.2 Å². The Labute approximate surface area is 92.3 Å². The summed E-state index contributed by atoms with van der Waals surface area (Å²) < 4.78 is 5.07. The topological polar surface area (TPSA) is 26.3 Å². The average molecular weight is 222 g/mol. The van der Waals surface area contributed by atoms with E-state index in [9.17, 15) is 4.79 Å². The molecule has 0 atom stereocenters. The van der Waals surface area contributed by atoms with Crippen LogP contribution in [0, 0.1) is 0 Å². The van der Waals surface area contributed by atoms with Crippen molar-refractivity contribution < 1.29 is 9.53 Å². The van der Waals surface area contributed by atoms with E-state index in [1.807, 2.05) is 24.3 Å². The minimum absolute atomic E-state index is 0.396. The van der Waals surface area contributed by atoms with Crippen molar-refractivity contribution in [3.63, 3.8) is 0 Å². The van der Waals surface area contributed by atoms with E-state index in [-0.39, 0.29) is 0 Å². The zero-order chi connectivity index (χ0) is 11.5. The smallest absolute Gasteiger partial charge is 0.124 e. The fourth-order valence-electron chi connectivity index (χ4n) is 1.19. The van der Waals surface area contributed by atoms with Crippen LogP contribution in [0.1, 0.15) is 5.56 Å². The van der Waals surface area contributed by atoms with Crippen LogP contribution in [-0.4, -0.2) is 20.6 Å². The normalized spacial score (nSPS) is 11.2. The van der Waals surface area contributed by atoms with Gasteiger partial charge in [-0.05, 0) is 17.7 Å². The quantitative estimate of drug-likeness (QED) is 0.732. The molecule has 0 N–H and O–H groups in total. The maximum absolute atomic E-state index is 11.8. The van der Waals surface area contributed by atoms with E-state index >= 15 is 0 Å². The number of carbonyl (C=O) groups excluding carboxylic acids is 1. The van der Waals surface area contributed by atoms with Crippen molar-refractivity contribution in [3.05, 3.63) is 29.8 Å². The van der Waals surface area contributed by atoms with Gasteiger partial charge in [0.05, 0.1) is 7.11 Å². The number of carbonyl (C=O) groups is 1. The lowest BCUT2D eigenvalue weighted by Crippen LogP contribution is -2.34. The molecule has 2 nitrogen and oxygen atoms in total. The Bertz CT molecular complexity index is 336. The monoisotopic (exact) mass is 222 g/mol. The molecule has 0 radical (unpaired) electrons. The SMILES string of the molecule is COc1ccc(CC(=O)[Si](C)(C)C)cc1. The summed E-state index contributed by atoms with van der Waals surface area (Å²) in [6.07, 6.45) is 0.555. The number of ether oxygens (including phenoxy) is 1. The number of hydrogen-bond acceptors (Lipinski definition) is 2. The summed E-state index contributed by atoms with van der Waals surface area (Å²) in [5.41, 5.74) is 1.07. The molecule has 15 heavy (non-hydrogen) atoms. The first-order valence-corrected chi connectivity index (χ1v) is 8.59. The third-order valence-electron chi connectivity index (χ3n) is 2.36. The van der Waals surface area contributed by atoms with E-state index < -0.39 is 8.07 Å². The van der Waals surface area contributed by atoms with Crippen LogP contribution in [0.3, 0.4) is 0 Å². The molecule has 0 aliphatic carbocycles. The molecule has 0 unspecified atom stereocenters. The fourth-order valence-corrected chi connectivity index (χ4v) is 1.93. The summed E-state index contributed by atoms with van der Waals surface area (Å²) in [5, 5.41) is 0.396. The van der Waals surface area contributed by atoms with Crippen molar-refractivity contribution in [2.45, 2.75) is 26.1 Å². The maximum atomic E-state index is 11.8. The molecule has 1 aromatic rings. The van der Waals surface area contributed by atoms with Crippen molar-refractivity contribution >= 4 is 13.5 Å². The Morgan fingerprint density at radius 3 is 2.13 bits per heavy atom. The lowest BCUT2D eigenvalue weighted by atomic mass is 10.2. The number of rotatable bonds is 4. The minimum Gasteiger partial charge on any atom is -0.497 e. The van der Waals surface area contributed by atoms with Crippen LogP contribution in [0.5, 0.6) is 5.75 Å². The summed E-state index contributed by atoms with van der Waals surface area (Å²) >= 11 is 0. The van der Waals surface area contributed by atoms with Gasteiger partial charge in [-0.3, -0.25) is 0 Å². The summed E-state index contributed by atoms with van der Waals surface area (Å²) in [6.45, 7) is 6.25. The van der Waals surface area contributed by atoms with Gasteiger partial charge in [0, 0.05) is 6.42 Å². The Morgan fingerprint density at radius 2 is 1.73 bits per heavy atom. The molecule has 1 aromatic carbocycles. The number of benzene rings is 1. The highest BCUT2D eigenvalue weighted by molar-refractivity contribution is 7.03. The van der Waals surface area contributed by atoms with Crippen LogP contribution < -0.4 is 4.74 Å². The van der Waals surface area contributed by atoms with E-state index in [2.05, 4.69) is 19.6 Å². The van der Waals surface area contributed by atoms with E-state index in [1.165, 1.54) is 0 Å². The molecule has 0 spiro atoms. The zero-order valence-electron chi connectivity index (χ0n) is 9.83. The average Bonchev–Trinajstić information content (AvgIpc) is 2.17. The van der Waals surface area contributed by atoms with Crippen LogP contribution in [0.2, 0.25) is 19.6 Å². The van der Waals surface area contributed by atoms with Gasteiger partial charge >= 0.3 is 0 Å². The molecule has 0 amide bonds. The lowest BCUT2D eigenvalue weighted by Gasteiger charge is -2.13. The summed E-state index contributed by atoms with van der Waals surface area (Å²) in [4.78, 5) is 11.8. The molecular weight excluding hydrogens is 204 g/mol. The second-order valence-electron chi connectivity index (χ2n) is 4.70. The molecule has 1 rings (SSSR count). The minimum atomic E-state index is -1.64. The van der Waals surface area contributed by atoms with Crippen LogP contribution in [0.15, 0.2) is 24.3 Å². The van der Waals surface area contributed by atoms with Gasteiger partial charge in [0.2, 0.25) is 0 Å². The molecule has 0 fully saturated rings. The molecule has 0 aliphatic rings. The summed E-state index contributed by atoms with van der Waals surface area (Å²) in [7, 11) is 0.00566. The fraction of sp³-hybridized carbons (Fsp3) is 0.417. The standard InChI is InChI=1S/C12H18O2Si/c1-14-11-7-5-10(6-8-11)9-12(13)15(2,3)4/h5-8H,9H2,1-4H3. The molecule has 3 heteroatoms. The first-order chi connectivity index (χ1) is 6.93. The highest BCUT2D eigenvalue weighted by atomic mass is 28.3. The van der Waals surface area contributed by atoms with Crippen molar-refractivity contribution in [1.29, 1.82) is 0 Å². The molecule has 0 saturated heterocycles. The third kappa shape index (κ3) is 3.51. The Morgan fingerprint density at radius 1 is 1.20 bits per heavy atom. The zero-order valence-corrected chi connectivity index (χ0v) is 10.8. The lowest BCUT2D eigenvalue weighted by molar-refractivity contribution is -0.112. The second-order valence-corrected chi connectivity index (χ2v) is 9.76. The van der Waals surface area contributed by atoms with E-state index in [1.54, 1.807) is 7.11 Å². The predicted molar refractivity (Wildman–Crippen MR) is 65.1 cm³/mol. The van der Waals surface area contributed by atoms with Crippen LogP contribution >= 0.6 is 0 Å². The summed E-state index contributed by atoms with van der Waals surface area (Å²) in [6, 6.07) is 7.70. The maximum Gasteiger partial charge on any atom is 0.124 e. The van der Waals surface area contributed by atoms with Gasteiger partial charge in [-0.25, -0.2) is 0 Å². The van der Waals surface area contributed by atoms with Crippen LogP contribution in [0.25, 0.3) is 0 Å². The van der Waals surface area contributed by atoms with Gasteiger partial charge in [-0.15, -0.1) is 0 Å². The van der Waals surface area contributed by atoms with Gasteiger partial charge in [-0.1, -0.05) is 31.8 Å². The molecular formula is C12H18O2Si. The van der Waals surface area contributed by atoms with Crippen molar-refractivity contribution in [1.82, 2.24) is 0 Å². The third-order valence-corrected chi connectivity index (χ3v) is 4.21. The second kappa shape index (κ2) is 4.62. The largest absolute Gasteiger partial charge is 0.497 e. The molecule has 0 saturated carbocycles. The first-order valence-electron chi connectivity index (χ1n) is 5.09. The van der Waals surface area contributed by atoms with E-state index in [0.717, 1.165) is 11.3 Å². The van der Waals surface area contributed by atoms with Gasteiger partial charge in [0.15, 0.2) is 0 Å². The number of methoxy groups -OCH3 is 1. The molecule has 0 aromatic heterocycles. The van der Waals surface area contributed by atoms with Crippen molar-refractivity contribution in [2.24, 2.45) is 0 Å². The predicted octanol–water partition coefficient (Wildman–Crippen LogP) is 2.68. The summed E-state index contributed by atoms with van der Waals surface area (Å²) in [5.74, 6) is 0.833. The van der Waals surface area contributed by atoms with Crippen LogP contribution in [0.4, 0.5) is 0 Å². The highest BCUT2D eigenvalue weighted by Crippen LogP contribution is 2.14. The molecule has 0 aliphatic heterocycles. The Kier molecular flexibility index (Phi) is 3.69. The van der Waals surface area contributed by atoms with Gasteiger partial charge in [-0.2, -0.15) is 0 Å². The van der Waals surface area contributed by atoms with Crippen molar-refractivity contribution in [2.75, 3.05) is 7.11 Å². The number of hydrogen-bond donors (Lipinski definition) is 0. The van der Waals surface area contributed by atoms with E-state index in [4.69, 9.17) is 4.74 Å². The highest BCUT2D eigenvalue weighted by Gasteiger charge is 2.23. The van der Waals surface area contributed by atoms with Crippen molar-refractivity contribution in [3.8, 4) is 5.75 Å². The van der Waals surface area contributed by atoms with Gasteiger partial charge < -0.3 is 9.53 Å². The van der Waals surface area contributed by atoms with E-state index in [0.29, 0.717) is 11.8 Å². The van der Waals surface area contributed by atoms with Gasteiger partial charge in [0.25, 0.3) is 0 Å². The molecule has 82 valence electrons. The molecule has 0 bridgehead atoms. The van der Waals surface area contributed by atoms with Gasteiger partial charge in [0.1, 0.15) is 19.2 Å². The first kappa shape index (κ1) is 12.0. The molecule has 0 heterocycles.